The molecule has 0 atom stereocenters. The van der Waals surface area contributed by atoms with E-state index in [1.54, 1.807) is 6.20 Å². The Kier molecular flexibility index (Phi) is 3.56. The van der Waals surface area contributed by atoms with Gasteiger partial charge in [0.05, 0.1) is 11.2 Å². The van der Waals surface area contributed by atoms with Crippen molar-refractivity contribution in [1.82, 2.24) is 15.2 Å². The number of fused-ring (bicyclic) bond motifs is 1. The minimum Gasteiger partial charge on any atom is -0.328 e. The molecule has 2 aromatic heterocycles. The maximum atomic E-state index is 11.2. The van der Waals surface area contributed by atoms with Crippen LogP contribution in [0.3, 0.4) is 0 Å². The van der Waals surface area contributed by atoms with E-state index in [-0.39, 0.29) is 5.56 Å². The summed E-state index contributed by atoms with van der Waals surface area (Å²) in [7, 11) is 0. The van der Waals surface area contributed by atoms with E-state index < -0.39 is 0 Å². The predicted octanol–water partition coefficient (Wildman–Crippen LogP) is 4.09. The second kappa shape index (κ2) is 6.01. The molecular weight excluding hydrogens is 298 g/mol. The van der Waals surface area contributed by atoms with Gasteiger partial charge in [-0.15, -0.1) is 0 Å². The highest BCUT2D eigenvalue weighted by molar-refractivity contribution is 5.91. The van der Waals surface area contributed by atoms with Crippen LogP contribution in [0, 0.1) is 0 Å². The van der Waals surface area contributed by atoms with Gasteiger partial charge in [0, 0.05) is 17.6 Å². The summed E-state index contributed by atoms with van der Waals surface area (Å²) in [5, 5.41) is 8.53. The first-order valence-corrected chi connectivity index (χ1v) is 7.70. The van der Waals surface area contributed by atoms with Gasteiger partial charge in [-0.25, -0.2) is 0 Å². The number of rotatable bonds is 3. The van der Waals surface area contributed by atoms with Gasteiger partial charge in [-0.05, 0) is 41.0 Å². The molecule has 0 amide bonds. The number of benzene rings is 2. The standard InChI is InChI=1S/C20H15N3O/c24-20-11-8-16(13-21-20)15-7-9-17-18(22-23-19(17)12-15)10-6-14-4-2-1-3-5-14/h1-13H,(H,21,24)(H,22,23)/b10-6+. The maximum Gasteiger partial charge on any atom is 0.247 e. The van der Waals surface area contributed by atoms with Crippen LogP contribution in [0.1, 0.15) is 11.3 Å². The number of nitrogens with one attached hydrogen (secondary N) is 2. The Balaban J connectivity index is 1.69. The van der Waals surface area contributed by atoms with Crippen molar-refractivity contribution in [1.29, 1.82) is 0 Å². The highest BCUT2D eigenvalue weighted by Crippen LogP contribution is 2.25. The SMILES string of the molecule is O=c1ccc(-c2ccc3c(/C=C/c4ccccc4)n[nH]c3c2)c[nH]1. The molecule has 2 N–H and O–H groups in total. The van der Waals surface area contributed by atoms with E-state index in [4.69, 9.17) is 0 Å². The van der Waals surface area contributed by atoms with Gasteiger partial charge in [-0.3, -0.25) is 9.89 Å². The van der Waals surface area contributed by atoms with Crippen LogP contribution in [0.4, 0.5) is 0 Å². The van der Waals surface area contributed by atoms with E-state index in [1.165, 1.54) is 6.07 Å². The number of hydrogen-bond acceptors (Lipinski definition) is 2. The first-order valence-electron chi connectivity index (χ1n) is 7.70. The Morgan fingerprint density at radius 3 is 2.50 bits per heavy atom. The molecule has 0 unspecified atom stereocenters. The van der Waals surface area contributed by atoms with Crippen LogP contribution in [-0.4, -0.2) is 15.2 Å². The molecule has 4 rings (SSSR count). The largest absolute Gasteiger partial charge is 0.328 e. The van der Waals surface area contributed by atoms with Crippen molar-refractivity contribution in [2.24, 2.45) is 0 Å². The average molecular weight is 313 g/mol. The topological polar surface area (TPSA) is 61.5 Å². The zero-order valence-corrected chi connectivity index (χ0v) is 12.9. The molecule has 0 saturated heterocycles. The lowest BCUT2D eigenvalue weighted by molar-refractivity contribution is 1.11. The fourth-order valence-electron chi connectivity index (χ4n) is 2.68. The first kappa shape index (κ1) is 14.2. The van der Waals surface area contributed by atoms with Crippen molar-refractivity contribution in [3.8, 4) is 11.1 Å². The van der Waals surface area contributed by atoms with Gasteiger partial charge in [0.2, 0.25) is 5.56 Å². The Morgan fingerprint density at radius 1 is 0.875 bits per heavy atom. The molecule has 0 spiro atoms. The molecule has 116 valence electrons. The van der Waals surface area contributed by atoms with Crippen molar-refractivity contribution in [2.75, 3.05) is 0 Å². The van der Waals surface area contributed by atoms with Crippen molar-refractivity contribution in [3.63, 3.8) is 0 Å². The molecule has 4 nitrogen and oxygen atoms in total. The van der Waals surface area contributed by atoms with Crippen molar-refractivity contribution >= 4 is 23.1 Å². The van der Waals surface area contributed by atoms with E-state index in [9.17, 15) is 4.79 Å². The zero-order chi connectivity index (χ0) is 16.4. The van der Waals surface area contributed by atoms with Gasteiger partial charge in [0.15, 0.2) is 0 Å². The summed E-state index contributed by atoms with van der Waals surface area (Å²) in [5.41, 5.74) is 4.90. The van der Waals surface area contributed by atoms with Crippen molar-refractivity contribution in [3.05, 3.63) is 88.5 Å². The lowest BCUT2D eigenvalue weighted by Crippen LogP contribution is -2.01. The monoisotopic (exact) mass is 313 g/mol. The lowest BCUT2D eigenvalue weighted by Gasteiger charge is -2.01. The molecular formula is C20H15N3O. The Bertz CT molecular complexity index is 1050. The third-order valence-corrected chi connectivity index (χ3v) is 3.94. The maximum absolute atomic E-state index is 11.2. The van der Waals surface area contributed by atoms with E-state index in [0.29, 0.717) is 0 Å². The smallest absolute Gasteiger partial charge is 0.247 e. The Labute approximate surface area is 138 Å². The summed E-state index contributed by atoms with van der Waals surface area (Å²) >= 11 is 0. The summed E-state index contributed by atoms with van der Waals surface area (Å²) in [5.74, 6) is 0. The molecule has 0 radical (unpaired) electrons. The van der Waals surface area contributed by atoms with Crippen LogP contribution in [0.25, 0.3) is 34.2 Å². The molecule has 4 heteroatoms. The summed E-state index contributed by atoms with van der Waals surface area (Å²) in [6, 6.07) is 19.6. The molecule has 2 aromatic carbocycles. The van der Waals surface area contributed by atoms with Gasteiger partial charge < -0.3 is 4.98 Å². The predicted molar refractivity (Wildman–Crippen MR) is 97.5 cm³/mol. The van der Waals surface area contributed by atoms with E-state index >= 15 is 0 Å². The molecule has 24 heavy (non-hydrogen) atoms. The van der Waals surface area contributed by atoms with Gasteiger partial charge in [-0.2, -0.15) is 5.10 Å². The summed E-state index contributed by atoms with van der Waals surface area (Å²) in [6.07, 6.45) is 5.77. The third-order valence-electron chi connectivity index (χ3n) is 3.94. The van der Waals surface area contributed by atoms with Crippen LogP contribution < -0.4 is 5.56 Å². The van der Waals surface area contributed by atoms with E-state index in [1.807, 2.05) is 54.6 Å². The molecule has 0 aliphatic carbocycles. The molecule has 0 aliphatic heterocycles. The molecule has 0 saturated carbocycles. The number of H-pyrrole nitrogens is 2. The van der Waals surface area contributed by atoms with Crippen molar-refractivity contribution in [2.45, 2.75) is 0 Å². The molecule has 2 heterocycles. The van der Waals surface area contributed by atoms with Crippen LogP contribution in [0.15, 0.2) is 71.7 Å². The van der Waals surface area contributed by atoms with E-state index in [2.05, 4.69) is 27.3 Å². The van der Waals surface area contributed by atoms with Gasteiger partial charge in [-0.1, -0.05) is 42.5 Å². The van der Waals surface area contributed by atoms with Crippen molar-refractivity contribution < 1.29 is 0 Å². The number of nitrogens with zero attached hydrogens (tertiary/aromatic N) is 1. The minimum absolute atomic E-state index is 0.102. The molecule has 0 fully saturated rings. The highest BCUT2D eigenvalue weighted by Gasteiger charge is 2.05. The normalized spacial score (nSPS) is 11.3. The second-order valence-electron chi connectivity index (χ2n) is 5.55. The van der Waals surface area contributed by atoms with Crippen LogP contribution in [0.2, 0.25) is 0 Å². The molecule has 4 aromatic rings. The fourth-order valence-corrected chi connectivity index (χ4v) is 2.68. The lowest BCUT2D eigenvalue weighted by atomic mass is 10.1. The quantitative estimate of drug-likeness (QED) is 0.598. The number of aromatic nitrogens is 3. The Hall–Kier alpha value is -3.40. The highest BCUT2D eigenvalue weighted by atomic mass is 16.1. The van der Waals surface area contributed by atoms with Crippen LogP contribution >= 0.6 is 0 Å². The Morgan fingerprint density at radius 2 is 1.71 bits per heavy atom. The minimum atomic E-state index is -0.102. The van der Waals surface area contributed by atoms with Crippen LogP contribution in [0.5, 0.6) is 0 Å². The number of aromatic amines is 2. The van der Waals surface area contributed by atoms with Gasteiger partial charge >= 0.3 is 0 Å². The summed E-state index contributed by atoms with van der Waals surface area (Å²) < 4.78 is 0. The summed E-state index contributed by atoms with van der Waals surface area (Å²) in [6.45, 7) is 0. The zero-order valence-electron chi connectivity index (χ0n) is 12.9. The molecule has 0 aliphatic rings. The molecule has 0 bridgehead atoms. The average Bonchev–Trinajstić information content (AvgIpc) is 3.04. The summed E-state index contributed by atoms with van der Waals surface area (Å²) in [4.78, 5) is 13.9. The van der Waals surface area contributed by atoms with E-state index in [0.717, 1.165) is 33.3 Å². The third kappa shape index (κ3) is 2.77. The number of hydrogen-bond donors (Lipinski definition) is 2. The first-order chi connectivity index (χ1) is 11.8. The second-order valence-corrected chi connectivity index (χ2v) is 5.55. The van der Waals surface area contributed by atoms with Gasteiger partial charge in [0.1, 0.15) is 0 Å². The number of pyridine rings is 1. The fraction of sp³-hybridized carbons (Fsp3) is 0. The van der Waals surface area contributed by atoms with Crippen LogP contribution in [-0.2, 0) is 0 Å². The van der Waals surface area contributed by atoms with Gasteiger partial charge in [0.25, 0.3) is 0 Å².